The summed E-state index contributed by atoms with van der Waals surface area (Å²) in [6, 6.07) is 7.73. The van der Waals surface area contributed by atoms with E-state index in [1.54, 1.807) is 13.3 Å². The molecule has 100 valence electrons. The molecule has 0 fully saturated rings. The Labute approximate surface area is 129 Å². The standard InChI is InChI=1S/C14H14Br2N2O/c1-19-11-2-3-13(16)12(6-11)14(17)5-9-4-10(15)8-18-7-9/h2-4,6-8,14H,5,17H2,1H3. The van der Waals surface area contributed by atoms with Crippen molar-refractivity contribution in [3.8, 4) is 5.75 Å². The van der Waals surface area contributed by atoms with Crippen LogP contribution in [0.4, 0.5) is 0 Å². The second-order valence-electron chi connectivity index (χ2n) is 4.21. The minimum Gasteiger partial charge on any atom is -0.497 e. The molecule has 0 aliphatic rings. The molecule has 0 bridgehead atoms. The highest BCUT2D eigenvalue weighted by Crippen LogP contribution is 2.28. The van der Waals surface area contributed by atoms with Gasteiger partial charge in [0.05, 0.1) is 7.11 Å². The molecule has 0 amide bonds. The molecule has 5 heteroatoms. The SMILES string of the molecule is COc1ccc(Br)c(C(N)Cc2cncc(Br)c2)c1. The predicted molar refractivity (Wildman–Crippen MR) is 83.3 cm³/mol. The molecule has 0 saturated carbocycles. The van der Waals surface area contributed by atoms with Crippen LogP contribution < -0.4 is 10.5 Å². The number of nitrogens with zero attached hydrogens (tertiary/aromatic N) is 1. The van der Waals surface area contributed by atoms with Gasteiger partial charge >= 0.3 is 0 Å². The van der Waals surface area contributed by atoms with Crippen LogP contribution in [0.5, 0.6) is 5.75 Å². The van der Waals surface area contributed by atoms with Crippen LogP contribution in [0.15, 0.2) is 45.6 Å². The van der Waals surface area contributed by atoms with Crippen LogP contribution in [-0.4, -0.2) is 12.1 Å². The van der Waals surface area contributed by atoms with Gasteiger partial charge in [-0.15, -0.1) is 0 Å². The molecule has 0 radical (unpaired) electrons. The first-order valence-corrected chi connectivity index (χ1v) is 7.37. The second-order valence-corrected chi connectivity index (χ2v) is 5.98. The van der Waals surface area contributed by atoms with Crippen molar-refractivity contribution in [3.63, 3.8) is 0 Å². The fourth-order valence-corrected chi connectivity index (χ4v) is 2.82. The van der Waals surface area contributed by atoms with E-state index < -0.39 is 0 Å². The molecule has 0 spiro atoms. The number of rotatable bonds is 4. The number of benzene rings is 1. The highest BCUT2D eigenvalue weighted by Gasteiger charge is 2.12. The van der Waals surface area contributed by atoms with E-state index in [4.69, 9.17) is 10.5 Å². The first-order chi connectivity index (χ1) is 9.10. The average Bonchev–Trinajstić information content (AvgIpc) is 2.39. The minimum atomic E-state index is -0.111. The Hall–Kier alpha value is -0.910. The van der Waals surface area contributed by atoms with Crippen molar-refractivity contribution in [2.24, 2.45) is 5.73 Å². The molecule has 1 heterocycles. The summed E-state index contributed by atoms with van der Waals surface area (Å²) in [5.74, 6) is 0.806. The van der Waals surface area contributed by atoms with Crippen molar-refractivity contribution in [1.29, 1.82) is 0 Å². The summed E-state index contributed by atoms with van der Waals surface area (Å²) in [4.78, 5) is 4.15. The fourth-order valence-electron chi connectivity index (χ4n) is 1.86. The Balaban J connectivity index is 2.22. The van der Waals surface area contributed by atoms with E-state index in [1.165, 1.54) is 0 Å². The summed E-state index contributed by atoms with van der Waals surface area (Å²) in [5.41, 5.74) is 8.39. The summed E-state index contributed by atoms with van der Waals surface area (Å²) < 4.78 is 7.18. The molecule has 2 rings (SSSR count). The van der Waals surface area contributed by atoms with Gasteiger partial charge in [-0.05, 0) is 57.7 Å². The van der Waals surface area contributed by atoms with Crippen LogP contribution in [0.25, 0.3) is 0 Å². The van der Waals surface area contributed by atoms with Gasteiger partial charge in [0.25, 0.3) is 0 Å². The third kappa shape index (κ3) is 3.78. The van der Waals surface area contributed by atoms with Crippen LogP contribution >= 0.6 is 31.9 Å². The lowest BCUT2D eigenvalue weighted by molar-refractivity contribution is 0.413. The number of ether oxygens (including phenoxy) is 1. The maximum atomic E-state index is 6.27. The molecular weight excluding hydrogens is 372 g/mol. The third-order valence-electron chi connectivity index (χ3n) is 2.82. The Bertz CT molecular complexity index is 575. The van der Waals surface area contributed by atoms with Gasteiger partial charge in [0, 0.05) is 27.4 Å². The van der Waals surface area contributed by atoms with E-state index in [-0.39, 0.29) is 6.04 Å². The van der Waals surface area contributed by atoms with E-state index in [0.29, 0.717) is 0 Å². The van der Waals surface area contributed by atoms with Gasteiger partial charge in [0.2, 0.25) is 0 Å². The monoisotopic (exact) mass is 384 g/mol. The van der Waals surface area contributed by atoms with Crippen LogP contribution in [0, 0.1) is 0 Å². The summed E-state index contributed by atoms with van der Waals surface area (Å²) in [6.45, 7) is 0. The first kappa shape index (κ1) is 14.5. The molecule has 0 aliphatic heterocycles. The maximum Gasteiger partial charge on any atom is 0.119 e. The van der Waals surface area contributed by atoms with Gasteiger partial charge in [-0.2, -0.15) is 0 Å². The Kier molecular flexibility index (Phi) is 4.96. The van der Waals surface area contributed by atoms with Gasteiger partial charge < -0.3 is 10.5 Å². The smallest absolute Gasteiger partial charge is 0.119 e. The van der Waals surface area contributed by atoms with Crippen LogP contribution in [0.1, 0.15) is 17.2 Å². The number of aromatic nitrogens is 1. The molecule has 1 aromatic heterocycles. The van der Waals surface area contributed by atoms with Crippen molar-refractivity contribution in [2.75, 3.05) is 7.11 Å². The van der Waals surface area contributed by atoms with Crippen LogP contribution in [-0.2, 0) is 6.42 Å². The molecule has 1 atom stereocenters. The Morgan fingerprint density at radius 1 is 1.26 bits per heavy atom. The number of hydrogen-bond acceptors (Lipinski definition) is 3. The third-order valence-corrected chi connectivity index (χ3v) is 3.98. The zero-order valence-corrected chi connectivity index (χ0v) is 13.6. The van der Waals surface area contributed by atoms with E-state index >= 15 is 0 Å². The molecule has 2 N–H and O–H groups in total. The lowest BCUT2D eigenvalue weighted by Gasteiger charge is -2.15. The molecule has 1 aromatic carbocycles. The number of nitrogens with two attached hydrogens (primary N) is 1. The lowest BCUT2D eigenvalue weighted by Crippen LogP contribution is -2.14. The average molecular weight is 386 g/mol. The largest absolute Gasteiger partial charge is 0.497 e. The maximum absolute atomic E-state index is 6.27. The fraction of sp³-hybridized carbons (Fsp3) is 0.214. The zero-order valence-electron chi connectivity index (χ0n) is 10.4. The molecule has 0 aliphatic carbocycles. The molecule has 19 heavy (non-hydrogen) atoms. The van der Waals surface area contributed by atoms with Gasteiger partial charge in [0.1, 0.15) is 5.75 Å². The predicted octanol–water partition coefficient (Wildman–Crippen LogP) is 3.86. The molecule has 2 aromatic rings. The van der Waals surface area contributed by atoms with Gasteiger partial charge in [-0.1, -0.05) is 15.9 Å². The molecule has 3 nitrogen and oxygen atoms in total. The van der Waals surface area contributed by atoms with Crippen LogP contribution in [0.2, 0.25) is 0 Å². The van der Waals surface area contributed by atoms with Gasteiger partial charge in [-0.3, -0.25) is 4.98 Å². The normalized spacial score (nSPS) is 12.2. The Morgan fingerprint density at radius 3 is 2.74 bits per heavy atom. The van der Waals surface area contributed by atoms with E-state index in [9.17, 15) is 0 Å². The first-order valence-electron chi connectivity index (χ1n) is 5.78. The van der Waals surface area contributed by atoms with Crippen molar-refractivity contribution in [2.45, 2.75) is 12.5 Å². The van der Waals surface area contributed by atoms with Gasteiger partial charge in [0.15, 0.2) is 0 Å². The van der Waals surface area contributed by atoms with Crippen LogP contribution in [0.3, 0.4) is 0 Å². The number of pyridine rings is 1. The summed E-state index contributed by atoms with van der Waals surface area (Å²) >= 11 is 6.94. The number of hydrogen-bond donors (Lipinski definition) is 1. The van der Waals surface area contributed by atoms with E-state index in [0.717, 1.165) is 32.2 Å². The minimum absolute atomic E-state index is 0.111. The topological polar surface area (TPSA) is 48.1 Å². The second kappa shape index (κ2) is 6.50. The van der Waals surface area contributed by atoms with Crippen molar-refractivity contribution in [1.82, 2.24) is 4.98 Å². The Morgan fingerprint density at radius 2 is 2.05 bits per heavy atom. The number of halogens is 2. The summed E-state index contributed by atoms with van der Waals surface area (Å²) in [7, 11) is 1.65. The summed E-state index contributed by atoms with van der Waals surface area (Å²) in [5, 5.41) is 0. The zero-order chi connectivity index (χ0) is 13.8. The van der Waals surface area contributed by atoms with Crippen molar-refractivity contribution in [3.05, 3.63) is 56.7 Å². The van der Waals surface area contributed by atoms with E-state index in [1.807, 2.05) is 30.5 Å². The van der Waals surface area contributed by atoms with Crippen molar-refractivity contribution < 1.29 is 4.74 Å². The number of methoxy groups -OCH3 is 1. The highest BCUT2D eigenvalue weighted by molar-refractivity contribution is 9.10. The van der Waals surface area contributed by atoms with Crippen molar-refractivity contribution >= 4 is 31.9 Å². The molecule has 0 saturated heterocycles. The van der Waals surface area contributed by atoms with E-state index in [2.05, 4.69) is 36.8 Å². The molecular formula is C14H14Br2N2O. The highest BCUT2D eigenvalue weighted by atomic mass is 79.9. The van der Waals surface area contributed by atoms with Gasteiger partial charge in [-0.25, -0.2) is 0 Å². The summed E-state index contributed by atoms with van der Waals surface area (Å²) in [6.07, 6.45) is 4.31. The molecule has 1 unspecified atom stereocenters. The lowest BCUT2D eigenvalue weighted by atomic mass is 10.0. The quantitative estimate of drug-likeness (QED) is 0.869.